The van der Waals surface area contributed by atoms with Crippen molar-refractivity contribution in [2.75, 3.05) is 41.3 Å². The van der Waals surface area contributed by atoms with E-state index in [1.165, 1.54) is 12.4 Å². The molecule has 0 radical (unpaired) electrons. The van der Waals surface area contributed by atoms with Gasteiger partial charge in [0.25, 0.3) is 0 Å². The fourth-order valence-corrected chi connectivity index (χ4v) is 3.91. The molecule has 3 aromatic rings. The number of aromatic nitrogens is 2. The molecule has 0 spiro atoms. The molecule has 0 bridgehead atoms. The highest BCUT2D eigenvalue weighted by Gasteiger charge is 2.30. The second-order valence-electron chi connectivity index (χ2n) is 7.58. The molecule has 1 saturated heterocycles. The van der Waals surface area contributed by atoms with Crippen LogP contribution < -0.4 is 15.1 Å². The van der Waals surface area contributed by atoms with E-state index in [0.29, 0.717) is 31.9 Å². The maximum Gasteiger partial charge on any atom is 0.353 e. The smallest absolute Gasteiger partial charge is 0.353 e. The third-order valence-corrected chi connectivity index (χ3v) is 5.24. The Morgan fingerprint density at radius 3 is 2.29 bits per heavy atom. The van der Waals surface area contributed by atoms with E-state index >= 15 is 0 Å². The van der Waals surface area contributed by atoms with Gasteiger partial charge in [0, 0.05) is 31.9 Å². The molecule has 2 heterocycles. The van der Waals surface area contributed by atoms with Crippen molar-refractivity contribution < 1.29 is 9.31 Å². The fraction of sp³-hybridized carbons (Fsp3) is 0.273. The van der Waals surface area contributed by atoms with Crippen LogP contribution in [0, 0.1) is 29.8 Å². The average molecular weight is 422 g/mol. The van der Waals surface area contributed by atoms with Gasteiger partial charge in [0.05, 0.1) is 10.6 Å². The zero-order chi connectivity index (χ0) is 22.0. The number of nitrogens with zero attached hydrogens (tertiary/aromatic N) is 5. The molecule has 4 rings (SSSR count). The van der Waals surface area contributed by atoms with Crippen molar-refractivity contribution in [3.05, 3.63) is 75.9 Å². The van der Waals surface area contributed by atoms with Crippen LogP contribution in [0.25, 0.3) is 0 Å². The van der Waals surface area contributed by atoms with Crippen molar-refractivity contribution in [2.45, 2.75) is 13.8 Å². The van der Waals surface area contributed by atoms with Crippen LogP contribution in [-0.2, 0) is 0 Å². The molecule has 0 atom stereocenters. The lowest BCUT2D eigenvalue weighted by molar-refractivity contribution is -0.383. The molecule has 0 amide bonds. The quantitative estimate of drug-likeness (QED) is 0.487. The summed E-state index contributed by atoms with van der Waals surface area (Å²) in [6.45, 7) is 5.95. The number of hydrogen-bond acceptors (Lipinski definition) is 7. The molecule has 1 aliphatic rings. The van der Waals surface area contributed by atoms with Crippen molar-refractivity contribution in [3.63, 3.8) is 0 Å². The first-order valence-electron chi connectivity index (χ1n) is 10.0. The van der Waals surface area contributed by atoms with Crippen molar-refractivity contribution >= 4 is 28.7 Å². The normalized spacial score (nSPS) is 13.9. The standard InChI is InChI=1S/C22H23FN6O2/c1-15-11-16(2)13-17(12-15)26-21-20(29(30)31)22(25-14-24-21)28-9-7-27(8-10-28)19-6-4-3-5-18(19)23/h3-6,11-14H,7-10H2,1-2H3,(H,24,25,26). The first-order chi connectivity index (χ1) is 14.9. The van der Waals surface area contributed by atoms with Gasteiger partial charge in [-0.15, -0.1) is 0 Å². The molecule has 0 aliphatic carbocycles. The number of hydrogen-bond donors (Lipinski definition) is 1. The number of nitrogens with one attached hydrogen (secondary N) is 1. The van der Waals surface area contributed by atoms with E-state index in [2.05, 4.69) is 15.3 Å². The Balaban J connectivity index is 1.58. The summed E-state index contributed by atoms with van der Waals surface area (Å²) in [5, 5.41) is 15.0. The molecule has 31 heavy (non-hydrogen) atoms. The summed E-state index contributed by atoms with van der Waals surface area (Å²) in [6, 6.07) is 12.5. The summed E-state index contributed by atoms with van der Waals surface area (Å²) in [7, 11) is 0. The minimum absolute atomic E-state index is 0.150. The third kappa shape index (κ3) is 4.40. The molecule has 1 aliphatic heterocycles. The summed E-state index contributed by atoms with van der Waals surface area (Å²) in [5.41, 5.74) is 3.19. The first-order valence-corrected chi connectivity index (χ1v) is 10.0. The Bertz CT molecular complexity index is 1090. The van der Waals surface area contributed by atoms with Crippen LogP contribution in [0.3, 0.4) is 0 Å². The number of anilines is 4. The van der Waals surface area contributed by atoms with Gasteiger partial charge in [-0.2, -0.15) is 0 Å². The molecule has 160 valence electrons. The van der Waals surface area contributed by atoms with Gasteiger partial charge in [-0.1, -0.05) is 18.2 Å². The number of para-hydroxylation sites is 1. The van der Waals surface area contributed by atoms with E-state index in [-0.39, 0.29) is 23.1 Å². The number of halogens is 1. The molecule has 0 saturated carbocycles. The van der Waals surface area contributed by atoms with E-state index in [9.17, 15) is 14.5 Å². The molecule has 1 fully saturated rings. The predicted molar refractivity (Wildman–Crippen MR) is 119 cm³/mol. The summed E-state index contributed by atoms with van der Waals surface area (Å²) in [5.74, 6) is 0.139. The second-order valence-corrected chi connectivity index (χ2v) is 7.58. The molecule has 9 heteroatoms. The molecular formula is C22H23FN6O2. The fourth-order valence-electron chi connectivity index (χ4n) is 3.91. The van der Waals surface area contributed by atoms with E-state index in [1.54, 1.807) is 18.2 Å². The van der Waals surface area contributed by atoms with Crippen molar-refractivity contribution in [1.29, 1.82) is 0 Å². The van der Waals surface area contributed by atoms with Gasteiger partial charge in [0.2, 0.25) is 11.6 Å². The zero-order valence-electron chi connectivity index (χ0n) is 17.4. The Labute approximate surface area is 179 Å². The predicted octanol–water partition coefficient (Wildman–Crippen LogP) is 4.21. The minimum Gasteiger partial charge on any atom is -0.366 e. The number of aryl methyl sites for hydroxylation is 2. The minimum atomic E-state index is -0.455. The van der Waals surface area contributed by atoms with Crippen LogP contribution >= 0.6 is 0 Å². The number of nitro groups is 1. The van der Waals surface area contributed by atoms with Gasteiger partial charge >= 0.3 is 5.69 Å². The van der Waals surface area contributed by atoms with Gasteiger partial charge in [-0.3, -0.25) is 10.1 Å². The van der Waals surface area contributed by atoms with Crippen LogP contribution in [-0.4, -0.2) is 41.1 Å². The summed E-state index contributed by atoms with van der Waals surface area (Å²) >= 11 is 0. The Morgan fingerprint density at radius 1 is 1.00 bits per heavy atom. The molecular weight excluding hydrogens is 399 g/mol. The Morgan fingerprint density at radius 2 is 1.65 bits per heavy atom. The second kappa shape index (κ2) is 8.55. The summed E-state index contributed by atoms with van der Waals surface area (Å²) in [4.78, 5) is 23.6. The topological polar surface area (TPSA) is 87.4 Å². The zero-order valence-corrected chi connectivity index (χ0v) is 17.4. The van der Waals surface area contributed by atoms with E-state index in [4.69, 9.17) is 0 Å². The van der Waals surface area contributed by atoms with Crippen LogP contribution in [0.5, 0.6) is 0 Å². The number of piperazine rings is 1. The average Bonchev–Trinajstić information content (AvgIpc) is 2.73. The lowest BCUT2D eigenvalue weighted by Crippen LogP contribution is -2.47. The van der Waals surface area contributed by atoms with Gasteiger partial charge in [-0.05, 0) is 49.2 Å². The van der Waals surface area contributed by atoms with Gasteiger partial charge in [-0.25, -0.2) is 14.4 Å². The largest absolute Gasteiger partial charge is 0.366 e. The van der Waals surface area contributed by atoms with Gasteiger partial charge in [0.15, 0.2) is 0 Å². The van der Waals surface area contributed by atoms with Crippen molar-refractivity contribution in [3.8, 4) is 0 Å². The first kappa shape index (κ1) is 20.5. The van der Waals surface area contributed by atoms with Crippen LogP contribution in [0.4, 0.5) is 33.1 Å². The van der Waals surface area contributed by atoms with E-state index in [1.807, 2.05) is 41.8 Å². The van der Waals surface area contributed by atoms with Crippen molar-refractivity contribution in [2.24, 2.45) is 0 Å². The molecule has 0 unspecified atom stereocenters. The maximum absolute atomic E-state index is 14.1. The Kier molecular flexibility index (Phi) is 5.66. The monoisotopic (exact) mass is 422 g/mol. The summed E-state index contributed by atoms with van der Waals surface area (Å²) in [6.07, 6.45) is 1.33. The van der Waals surface area contributed by atoms with E-state index < -0.39 is 4.92 Å². The lowest BCUT2D eigenvalue weighted by Gasteiger charge is -2.36. The molecule has 1 aromatic heterocycles. The van der Waals surface area contributed by atoms with Crippen LogP contribution in [0.1, 0.15) is 11.1 Å². The highest BCUT2D eigenvalue weighted by atomic mass is 19.1. The van der Waals surface area contributed by atoms with Crippen LogP contribution in [0.2, 0.25) is 0 Å². The number of benzene rings is 2. The van der Waals surface area contributed by atoms with Gasteiger partial charge in [0.1, 0.15) is 12.1 Å². The van der Waals surface area contributed by atoms with Gasteiger partial charge < -0.3 is 15.1 Å². The molecule has 1 N–H and O–H groups in total. The summed E-state index contributed by atoms with van der Waals surface area (Å²) < 4.78 is 14.1. The Hall–Kier alpha value is -3.75. The van der Waals surface area contributed by atoms with Crippen LogP contribution in [0.15, 0.2) is 48.8 Å². The molecule has 2 aromatic carbocycles. The SMILES string of the molecule is Cc1cc(C)cc(Nc2ncnc(N3CCN(c4ccccc4F)CC3)c2[N+](=O)[O-])c1. The third-order valence-electron chi connectivity index (χ3n) is 5.24. The number of rotatable bonds is 5. The molecule has 8 nitrogen and oxygen atoms in total. The van der Waals surface area contributed by atoms with Crippen molar-refractivity contribution in [1.82, 2.24) is 9.97 Å². The van der Waals surface area contributed by atoms with E-state index in [0.717, 1.165) is 16.8 Å². The highest BCUT2D eigenvalue weighted by molar-refractivity contribution is 5.75. The maximum atomic E-state index is 14.1. The lowest BCUT2D eigenvalue weighted by atomic mass is 10.1. The highest BCUT2D eigenvalue weighted by Crippen LogP contribution is 2.34.